The summed E-state index contributed by atoms with van der Waals surface area (Å²) in [5.74, 6) is 4.29. The molecule has 2 aromatic rings. The minimum absolute atomic E-state index is 0.106. The molecule has 6 heteroatoms. The Morgan fingerprint density at radius 2 is 2.00 bits per heavy atom. The van der Waals surface area contributed by atoms with Crippen molar-refractivity contribution in [3.8, 4) is 0 Å². The van der Waals surface area contributed by atoms with Crippen molar-refractivity contribution in [3.05, 3.63) is 23.2 Å². The fraction of sp³-hybridized carbons (Fsp3) is 0.759. The fourth-order valence-corrected chi connectivity index (χ4v) is 9.82. The van der Waals surface area contributed by atoms with E-state index in [2.05, 4.69) is 24.2 Å². The van der Waals surface area contributed by atoms with E-state index in [9.17, 15) is 4.79 Å². The normalized spacial score (nSPS) is 40.8. The van der Waals surface area contributed by atoms with Crippen LogP contribution in [-0.4, -0.2) is 34.5 Å². The minimum Gasteiger partial charge on any atom is -0.384 e. The molecule has 190 valence electrons. The standard InChI is InChI=1S/C29H40ClN3O2/c1-18-10-13-29(17-35-3)19(14-18)4-6-21-22-7-8-24(28(22,2)12-11-23(21)29)27(34)16-33-26-15-20(30)5-9-25(26)31-32-33/h5,9,15,18-19,21-24H,4,6-8,10-14,16-17H2,1-3H3. The quantitative estimate of drug-likeness (QED) is 0.468. The topological polar surface area (TPSA) is 57.0 Å². The van der Waals surface area contributed by atoms with Crippen LogP contribution in [-0.2, 0) is 16.1 Å². The first-order valence-corrected chi connectivity index (χ1v) is 14.2. The van der Waals surface area contributed by atoms with Gasteiger partial charge in [0.2, 0.25) is 0 Å². The maximum atomic E-state index is 13.7. The van der Waals surface area contributed by atoms with Crippen LogP contribution in [0.3, 0.4) is 0 Å². The van der Waals surface area contributed by atoms with E-state index in [4.69, 9.17) is 16.3 Å². The number of hydrogen-bond acceptors (Lipinski definition) is 4. The summed E-state index contributed by atoms with van der Waals surface area (Å²) in [4.78, 5) is 13.7. The number of carbonyl (C=O) groups excluding carboxylic acids is 1. The van der Waals surface area contributed by atoms with Gasteiger partial charge in [0.1, 0.15) is 12.1 Å². The molecular weight excluding hydrogens is 458 g/mol. The van der Waals surface area contributed by atoms with E-state index in [1.165, 1.54) is 51.4 Å². The molecule has 1 heterocycles. The number of ether oxygens (including phenoxy) is 1. The van der Waals surface area contributed by atoms with Gasteiger partial charge in [-0.2, -0.15) is 0 Å². The Morgan fingerprint density at radius 1 is 1.14 bits per heavy atom. The number of carbonyl (C=O) groups is 1. The molecule has 0 aliphatic heterocycles. The van der Waals surface area contributed by atoms with Crippen LogP contribution in [0.15, 0.2) is 18.2 Å². The van der Waals surface area contributed by atoms with Gasteiger partial charge in [0.25, 0.3) is 0 Å². The molecule has 0 radical (unpaired) electrons. The Balaban J connectivity index is 1.24. The second-order valence-corrected chi connectivity index (χ2v) is 13.2. The average Bonchev–Trinajstić information content (AvgIpc) is 3.39. The van der Waals surface area contributed by atoms with Crippen molar-refractivity contribution in [2.45, 2.75) is 78.2 Å². The van der Waals surface area contributed by atoms with Gasteiger partial charge >= 0.3 is 0 Å². The van der Waals surface area contributed by atoms with Crippen LogP contribution >= 0.6 is 11.6 Å². The van der Waals surface area contributed by atoms with Crippen LogP contribution in [0.1, 0.15) is 71.6 Å². The van der Waals surface area contributed by atoms with Gasteiger partial charge in [-0.05, 0) is 110 Å². The highest BCUT2D eigenvalue weighted by Gasteiger charge is 2.62. The Hall–Kier alpha value is -1.46. The largest absolute Gasteiger partial charge is 0.384 e. The number of benzene rings is 1. The molecular formula is C29H40ClN3O2. The highest BCUT2D eigenvalue weighted by molar-refractivity contribution is 6.31. The second kappa shape index (κ2) is 8.83. The van der Waals surface area contributed by atoms with Gasteiger partial charge in [0, 0.05) is 18.1 Å². The van der Waals surface area contributed by atoms with E-state index in [1.54, 1.807) is 4.68 Å². The van der Waals surface area contributed by atoms with E-state index in [-0.39, 0.29) is 11.3 Å². The van der Waals surface area contributed by atoms with Gasteiger partial charge in [-0.15, -0.1) is 5.10 Å². The predicted molar refractivity (Wildman–Crippen MR) is 138 cm³/mol. The number of ketones is 1. The second-order valence-electron chi connectivity index (χ2n) is 12.7. The lowest BCUT2D eigenvalue weighted by molar-refractivity contribution is -0.154. The number of halogens is 1. The molecule has 4 aliphatic rings. The summed E-state index contributed by atoms with van der Waals surface area (Å²) in [6, 6.07) is 5.56. The SMILES string of the molecule is COCC12CCC(C)CC1CCC1C3CCC(C(=O)Cn4nnc5ccc(Cl)cc54)C3(C)CCC12. The third kappa shape index (κ3) is 3.70. The zero-order valence-electron chi connectivity index (χ0n) is 21.5. The van der Waals surface area contributed by atoms with E-state index < -0.39 is 0 Å². The molecule has 35 heavy (non-hydrogen) atoms. The van der Waals surface area contributed by atoms with Crippen molar-refractivity contribution in [3.63, 3.8) is 0 Å². The van der Waals surface area contributed by atoms with Crippen molar-refractivity contribution in [1.29, 1.82) is 0 Å². The molecule has 8 unspecified atom stereocenters. The van der Waals surface area contributed by atoms with Crippen LogP contribution in [0, 0.1) is 46.3 Å². The van der Waals surface area contributed by atoms with Gasteiger partial charge in [-0.25, -0.2) is 4.68 Å². The molecule has 0 saturated heterocycles. The minimum atomic E-state index is 0.106. The highest BCUT2D eigenvalue weighted by Crippen LogP contribution is 2.68. The van der Waals surface area contributed by atoms with Crippen molar-refractivity contribution in [2.24, 2.45) is 46.3 Å². The zero-order chi connectivity index (χ0) is 24.4. The van der Waals surface area contributed by atoms with Crippen LogP contribution < -0.4 is 0 Å². The molecule has 6 rings (SSSR count). The number of nitrogens with zero attached hydrogens (tertiary/aromatic N) is 3. The summed E-state index contributed by atoms with van der Waals surface area (Å²) in [5.41, 5.74) is 2.11. The lowest BCUT2D eigenvalue weighted by Crippen LogP contribution is -2.56. The number of methoxy groups -OCH3 is 1. The molecule has 4 aliphatic carbocycles. The summed E-state index contributed by atoms with van der Waals surface area (Å²) in [6.07, 6.45) is 11.4. The Morgan fingerprint density at radius 3 is 2.83 bits per heavy atom. The van der Waals surface area contributed by atoms with E-state index in [0.29, 0.717) is 28.7 Å². The Bertz CT molecular complexity index is 1120. The Labute approximate surface area is 214 Å². The highest BCUT2D eigenvalue weighted by atomic mass is 35.5. The zero-order valence-corrected chi connectivity index (χ0v) is 22.3. The number of fused-ring (bicyclic) bond motifs is 6. The molecule has 0 bridgehead atoms. The fourth-order valence-electron chi connectivity index (χ4n) is 9.66. The lowest BCUT2D eigenvalue weighted by Gasteiger charge is -2.61. The number of rotatable bonds is 5. The van der Waals surface area contributed by atoms with Crippen LogP contribution in [0.2, 0.25) is 5.02 Å². The maximum absolute atomic E-state index is 13.7. The van der Waals surface area contributed by atoms with Gasteiger partial charge in [-0.3, -0.25) is 4.79 Å². The molecule has 1 aromatic heterocycles. The third-order valence-electron chi connectivity index (χ3n) is 11.2. The van der Waals surface area contributed by atoms with Gasteiger partial charge in [-0.1, -0.05) is 37.1 Å². The average molecular weight is 498 g/mol. The summed E-state index contributed by atoms with van der Waals surface area (Å²) < 4.78 is 7.70. The van der Waals surface area contributed by atoms with E-state index in [1.807, 2.05) is 25.3 Å². The van der Waals surface area contributed by atoms with E-state index >= 15 is 0 Å². The third-order valence-corrected chi connectivity index (χ3v) is 11.4. The maximum Gasteiger partial charge on any atom is 0.157 e. The number of hydrogen-bond donors (Lipinski definition) is 0. The summed E-state index contributed by atoms with van der Waals surface area (Å²) in [7, 11) is 1.91. The van der Waals surface area contributed by atoms with Gasteiger partial charge in [0.05, 0.1) is 12.1 Å². The summed E-state index contributed by atoms with van der Waals surface area (Å²) >= 11 is 6.22. The molecule has 5 nitrogen and oxygen atoms in total. The Kier molecular flexibility index (Phi) is 6.03. The first kappa shape index (κ1) is 23.9. The van der Waals surface area contributed by atoms with Crippen molar-refractivity contribution in [1.82, 2.24) is 15.0 Å². The van der Waals surface area contributed by atoms with Crippen molar-refractivity contribution < 1.29 is 9.53 Å². The number of Topliss-reactive ketones (excluding diaryl/α,β-unsaturated/α-hetero) is 1. The molecule has 0 N–H and O–H groups in total. The molecule has 8 atom stereocenters. The van der Waals surface area contributed by atoms with Gasteiger partial charge < -0.3 is 4.74 Å². The first-order valence-electron chi connectivity index (χ1n) is 13.9. The summed E-state index contributed by atoms with van der Waals surface area (Å²) in [5, 5.41) is 9.20. The first-order chi connectivity index (χ1) is 16.9. The van der Waals surface area contributed by atoms with E-state index in [0.717, 1.165) is 47.7 Å². The van der Waals surface area contributed by atoms with Gasteiger partial charge in [0.15, 0.2) is 5.78 Å². The number of aromatic nitrogens is 3. The van der Waals surface area contributed by atoms with Crippen molar-refractivity contribution in [2.75, 3.05) is 13.7 Å². The van der Waals surface area contributed by atoms with Crippen molar-refractivity contribution >= 4 is 28.4 Å². The smallest absolute Gasteiger partial charge is 0.157 e. The molecule has 4 fully saturated rings. The molecule has 1 aromatic carbocycles. The molecule has 4 saturated carbocycles. The van der Waals surface area contributed by atoms with Crippen LogP contribution in [0.5, 0.6) is 0 Å². The van der Waals surface area contributed by atoms with Crippen LogP contribution in [0.4, 0.5) is 0 Å². The summed E-state index contributed by atoms with van der Waals surface area (Å²) in [6.45, 7) is 6.11. The molecule has 0 spiro atoms. The van der Waals surface area contributed by atoms with Crippen LogP contribution in [0.25, 0.3) is 11.0 Å². The monoisotopic (exact) mass is 497 g/mol. The lowest BCUT2D eigenvalue weighted by atomic mass is 9.44. The predicted octanol–water partition coefficient (Wildman–Crippen LogP) is 6.58. The molecule has 0 amide bonds.